The molecule has 2 aromatic heterocycles. The molecule has 176 valence electrons. The summed E-state index contributed by atoms with van der Waals surface area (Å²) in [5.41, 5.74) is -0.792. The fourth-order valence-electron chi connectivity index (χ4n) is 2.95. The Morgan fingerprint density at radius 1 is 1.21 bits per heavy atom. The summed E-state index contributed by atoms with van der Waals surface area (Å²) in [7, 11) is -0.913. The summed E-state index contributed by atoms with van der Waals surface area (Å²) in [6.07, 6.45) is 1.07. The monoisotopic (exact) mass is 500 g/mol. The lowest BCUT2D eigenvalue weighted by atomic mass is 10.1. The number of pyridine rings is 1. The van der Waals surface area contributed by atoms with Crippen molar-refractivity contribution in [2.24, 2.45) is 4.36 Å². The first-order chi connectivity index (χ1) is 15.3. The summed E-state index contributed by atoms with van der Waals surface area (Å²) in [5, 5.41) is 3.94. The van der Waals surface area contributed by atoms with Crippen LogP contribution in [0, 0.1) is 0 Å². The van der Waals surface area contributed by atoms with Crippen molar-refractivity contribution < 1.29 is 22.2 Å². The zero-order chi connectivity index (χ0) is 24.6. The highest BCUT2D eigenvalue weighted by Crippen LogP contribution is 2.32. The molecule has 1 aromatic carbocycles. The summed E-state index contributed by atoms with van der Waals surface area (Å²) in [5.74, 6) is 0.0265. The van der Waals surface area contributed by atoms with Crippen molar-refractivity contribution in [3.05, 3.63) is 64.8 Å². The Hall–Kier alpha value is -2.99. The van der Waals surface area contributed by atoms with E-state index in [0.29, 0.717) is 17.3 Å². The molecule has 0 aliphatic heterocycles. The Bertz CT molecular complexity index is 1290. The number of alkyl halides is 3. The predicted octanol–water partition coefficient (Wildman–Crippen LogP) is 4.53. The number of nitrogens with zero attached hydrogens (tertiary/aromatic N) is 6. The van der Waals surface area contributed by atoms with Crippen LogP contribution in [0.25, 0.3) is 5.82 Å². The van der Waals surface area contributed by atoms with Crippen LogP contribution >= 0.6 is 11.6 Å². The molecule has 0 saturated heterocycles. The van der Waals surface area contributed by atoms with E-state index in [1.165, 1.54) is 47.7 Å². The van der Waals surface area contributed by atoms with Gasteiger partial charge in [0.15, 0.2) is 11.6 Å². The van der Waals surface area contributed by atoms with Crippen LogP contribution in [0.2, 0.25) is 5.02 Å². The lowest BCUT2D eigenvalue weighted by Crippen LogP contribution is -2.31. The molecule has 3 rings (SSSR count). The van der Waals surface area contributed by atoms with Gasteiger partial charge in [0.05, 0.1) is 23.5 Å². The summed E-state index contributed by atoms with van der Waals surface area (Å²) >= 11 is 5.81. The Labute approximate surface area is 193 Å². The van der Waals surface area contributed by atoms with E-state index in [1.807, 2.05) is 0 Å². The van der Waals surface area contributed by atoms with Gasteiger partial charge in [0.1, 0.15) is 6.33 Å². The number of halogens is 4. The third kappa shape index (κ3) is 5.88. The van der Waals surface area contributed by atoms with E-state index >= 15 is 0 Å². The van der Waals surface area contributed by atoms with Crippen molar-refractivity contribution in [1.29, 1.82) is 0 Å². The average molecular weight is 501 g/mol. The highest BCUT2D eigenvalue weighted by molar-refractivity contribution is 7.92. The zero-order valence-electron chi connectivity index (χ0n) is 18.0. The summed E-state index contributed by atoms with van der Waals surface area (Å²) < 4.78 is 56.7. The molecule has 0 fully saturated rings. The Morgan fingerprint density at radius 2 is 1.91 bits per heavy atom. The number of amides is 1. The van der Waals surface area contributed by atoms with Crippen molar-refractivity contribution in [3.63, 3.8) is 0 Å². The van der Waals surface area contributed by atoms with Gasteiger partial charge in [0, 0.05) is 39.9 Å². The minimum Gasteiger partial charge on any atom is -0.332 e. The number of carbonyl (C=O) groups is 1. The predicted molar refractivity (Wildman–Crippen MR) is 118 cm³/mol. The van der Waals surface area contributed by atoms with Crippen molar-refractivity contribution in [2.75, 3.05) is 19.6 Å². The van der Waals surface area contributed by atoms with E-state index in [9.17, 15) is 22.2 Å². The molecule has 33 heavy (non-hydrogen) atoms. The molecule has 2 heterocycles. The van der Waals surface area contributed by atoms with Gasteiger partial charge in [0.2, 0.25) is 0 Å². The maximum Gasteiger partial charge on any atom is 0.416 e. The van der Waals surface area contributed by atoms with Crippen molar-refractivity contribution >= 4 is 32.9 Å². The van der Waals surface area contributed by atoms with Crippen LogP contribution < -0.4 is 0 Å². The van der Waals surface area contributed by atoms with Crippen molar-refractivity contribution in [1.82, 2.24) is 24.6 Å². The van der Waals surface area contributed by atoms with Crippen molar-refractivity contribution in [3.8, 4) is 5.82 Å². The molecule has 0 aliphatic rings. The molecule has 0 radical (unpaired) electrons. The van der Waals surface area contributed by atoms with Gasteiger partial charge >= 0.3 is 6.18 Å². The first-order valence-corrected chi connectivity index (χ1v) is 12.2. The summed E-state index contributed by atoms with van der Waals surface area (Å²) in [4.78, 5) is 22.6. The maximum atomic E-state index is 13.1. The normalized spacial score (nSPS) is 13.0. The molecular weight excluding hydrogens is 481 g/mol. The molecule has 0 spiro atoms. The molecule has 13 heteroatoms. The summed E-state index contributed by atoms with van der Waals surface area (Å²) in [6, 6.07) is 5.23. The number of aromatic nitrogens is 4. The average Bonchev–Trinajstić information content (AvgIpc) is 3.20. The van der Waals surface area contributed by atoms with Gasteiger partial charge in [0.25, 0.3) is 5.91 Å². The van der Waals surface area contributed by atoms with Gasteiger partial charge < -0.3 is 4.90 Å². The summed E-state index contributed by atoms with van der Waals surface area (Å²) in [6.45, 7) is 1.65. The van der Waals surface area contributed by atoms with E-state index in [4.69, 9.17) is 11.6 Å². The van der Waals surface area contributed by atoms with Gasteiger partial charge in [-0.05, 0) is 37.3 Å². The van der Waals surface area contributed by atoms with Crippen LogP contribution in [-0.4, -0.2) is 54.3 Å². The molecule has 3 aromatic rings. The number of hydrogen-bond donors (Lipinski definition) is 0. The Morgan fingerprint density at radius 3 is 2.48 bits per heavy atom. The lowest BCUT2D eigenvalue weighted by molar-refractivity contribution is -0.137. The van der Waals surface area contributed by atoms with Gasteiger partial charge in [-0.3, -0.25) is 4.79 Å². The molecular formula is C20H20ClF3N6O2S. The fraction of sp³-hybridized carbons (Fsp3) is 0.300. The van der Waals surface area contributed by atoms with Gasteiger partial charge in [-0.15, -0.1) is 0 Å². The van der Waals surface area contributed by atoms with Crippen LogP contribution in [0.15, 0.2) is 47.2 Å². The quantitative estimate of drug-likeness (QED) is 0.513. The van der Waals surface area contributed by atoms with Crippen LogP contribution in [0.1, 0.15) is 34.7 Å². The van der Waals surface area contributed by atoms with E-state index in [2.05, 4.69) is 19.4 Å². The standard InChI is InChI=1S/C20H20ClF3N6O2S/c1-12(29(2)19(31)13-7-14(20(22,23)24)9-15(21)8-13)18-26-11-27-30(18)17-6-5-16(10-25-17)28-33(3,4)32/h5-12H,1-4H3/t12-/m0/s1. The number of rotatable bonds is 5. The molecule has 0 N–H and O–H groups in total. The van der Waals surface area contributed by atoms with Gasteiger partial charge in [-0.2, -0.15) is 27.3 Å². The molecule has 1 atom stereocenters. The van der Waals surface area contributed by atoms with E-state index < -0.39 is 33.4 Å². The third-order valence-corrected chi connectivity index (χ3v) is 5.46. The van der Waals surface area contributed by atoms with Crippen LogP contribution in [0.5, 0.6) is 0 Å². The van der Waals surface area contributed by atoms with Gasteiger partial charge in [-0.25, -0.2) is 14.2 Å². The highest BCUT2D eigenvalue weighted by atomic mass is 35.5. The molecule has 0 unspecified atom stereocenters. The SMILES string of the molecule is C[C@@H](c1ncnn1-c1ccc(N=S(C)(C)=O)cn1)N(C)C(=O)c1cc(Cl)cc(C(F)(F)F)c1. The number of benzene rings is 1. The molecule has 0 saturated carbocycles. The van der Waals surface area contributed by atoms with E-state index in [-0.39, 0.29) is 10.6 Å². The smallest absolute Gasteiger partial charge is 0.332 e. The van der Waals surface area contributed by atoms with Crippen LogP contribution in [0.3, 0.4) is 0 Å². The lowest BCUT2D eigenvalue weighted by Gasteiger charge is -2.25. The topological polar surface area (TPSA) is 93.3 Å². The van der Waals surface area contributed by atoms with Crippen molar-refractivity contribution in [2.45, 2.75) is 19.1 Å². The molecule has 1 amide bonds. The van der Waals surface area contributed by atoms with Crippen LogP contribution in [-0.2, 0) is 15.9 Å². The second-order valence-corrected chi connectivity index (χ2v) is 10.5. The second kappa shape index (κ2) is 9.10. The highest BCUT2D eigenvalue weighted by Gasteiger charge is 2.32. The molecule has 8 nitrogen and oxygen atoms in total. The minimum atomic E-state index is -4.64. The minimum absolute atomic E-state index is 0.199. The first kappa shape index (κ1) is 24.6. The molecule has 0 bridgehead atoms. The maximum absolute atomic E-state index is 13.1. The Balaban J connectivity index is 1.90. The number of carbonyl (C=O) groups excluding carboxylic acids is 1. The van der Waals surface area contributed by atoms with E-state index in [0.717, 1.165) is 12.1 Å². The third-order valence-electron chi connectivity index (χ3n) is 4.60. The zero-order valence-corrected chi connectivity index (χ0v) is 19.6. The van der Waals surface area contributed by atoms with Gasteiger partial charge in [-0.1, -0.05) is 11.6 Å². The fourth-order valence-corrected chi connectivity index (χ4v) is 3.80. The first-order valence-electron chi connectivity index (χ1n) is 9.44. The number of hydrogen-bond acceptors (Lipinski definition) is 6. The van der Waals surface area contributed by atoms with E-state index in [1.54, 1.807) is 19.1 Å². The largest absolute Gasteiger partial charge is 0.416 e. The Kier molecular flexibility index (Phi) is 6.80. The molecule has 0 aliphatic carbocycles. The second-order valence-electron chi connectivity index (χ2n) is 7.50. The van der Waals surface area contributed by atoms with Crippen LogP contribution in [0.4, 0.5) is 18.9 Å².